The molecule has 1 unspecified atom stereocenters. The highest BCUT2D eigenvalue weighted by Gasteiger charge is 2.58. The number of hydrogen-bond donors (Lipinski definition) is 1. The minimum absolute atomic E-state index is 0. The number of hydrogen-bond acceptors (Lipinski definition) is 2. The number of carbonyl (C=O) groups excluding carboxylic acids is 1. The van der Waals surface area contributed by atoms with Gasteiger partial charge in [0.15, 0.2) is 0 Å². The van der Waals surface area contributed by atoms with E-state index in [2.05, 4.69) is 16.8 Å². The predicted molar refractivity (Wildman–Crippen MR) is 79.4 cm³/mol. The van der Waals surface area contributed by atoms with Crippen molar-refractivity contribution in [3.63, 3.8) is 0 Å². The van der Waals surface area contributed by atoms with Crippen molar-refractivity contribution in [3.05, 3.63) is 12.7 Å². The molecule has 0 aromatic heterocycles. The third-order valence-corrected chi connectivity index (χ3v) is 5.27. The van der Waals surface area contributed by atoms with E-state index in [0.29, 0.717) is 23.2 Å². The third-order valence-electron chi connectivity index (χ3n) is 5.27. The molecule has 0 radical (unpaired) electrons. The molecular weight excluding hydrogens is 260 g/mol. The average molecular weight is 285 g/mol. The summed E-state index contributed by atoms with van der Waals surface area (Å²) in [5, 5.41) is 3.40. The highest BCUT2D eigenvalue weighted by atomic mass is 35.5. The molecule has 1 aliphatic carbocycles. The topological polar surface area (TPSA) is 32.3 Å². The lowest BCUT2D eigenvalue weighted by Crippen LogP contribution is -2.41. The monoisotopic (exact) mass is 284 g/mol. The number of nitrogens with one attached hydrogen (secondary N) is 1. The largest absolute Gasteiger partial charge is 0.342 e. The lowest BCUT2D eigenvalue weighted by Gasteiger charge is -2.32. The maximum atomic E-state index is 12.5. The summed E-state index contributed by atoms with van der Waals surface area (Å²) in [7, 11) is 0. The number of allylic oxidation sites excluding steroid dienone is 1. The summed E-state index contributed by atoms with van der Waals surface area (Å²) >= 11 is 0. The van der Waals surface area contributed by atoms with E-state index in [1.54, 1.807) is 0 Å². The van der Waals surface area contributed by atoms with E-state index in [0.717, 1.165) is 45.4 Å². The molecule has 3 fully saturated rings. The van der Waals surface area contributed by atoms with Crippen LogP contribution < -0.4 is 5.32 Å². The third kappa shape index (κ3) is 2.82. The second kappa shape index (κ2) is 5.84. The van der Waals surface area contributed by atoms with Gasteiger partial charge in [-0.05, 0) is 56.5 Å². The van der Waals surface area contributed by atoms with Crippen molar-refractivity contribution in [2.75, 3.05) is 26.2 Å². The summed E-state index contributed by atoms with van der Waals surface area (Å²) in [4.78, 5) is 14.6. The van der Waals surface area contributed by atoms with Crippen LogP contribution in [0.3, 0.4) is 0 Å². The van der Waals surface area contributed by atoms with Crippen molar-refractivity contribution in [3.8, 4) is 0 Å². The normalized spacial score (nSPS) is 29.7. The summed E-state index contributed by atoms with van der Waals surface area (Å²) in [6, 6.07) is 0. The zero-order valence-corrected chi connectivity index (χ0v) is 12.4. The van der Waals surface area contributed by atoms with E-state index in [1.165, 1.54) is 12.8 Å². The first-order valence-corrected chi connectivity index (χ1v) is 7.37. The van der Waals surface area contributed by atoms with Gasteiger partial charge in [-0.25, -0.2) is 0 Å². The van der Waals surface area contributed by atoms with Crippen molar-refractivity contribution in [1.29, 1.82) is 0 Å². The molecule has 0 aromatic rings. The Bertz CT molecular complexity index is 344. The van der Waals surface area contributed by atoms with Crippen molar-refractivity contribution in [2.45, 2.75) is 32.1 Å². The molecule has 1 spiro atoms. The summed E-state index contributed by atoms with van der Waals surface area (Å²) in [6.07, 6.45) is 7.81. The first kappa shape index (κ1) is 14.9. The molecule has 2 saturated heterocycles. The van der Waals surface area contributed by atoms with Gasteiger partial charge in [0.2, 0.25) is 5.91 Å². The zero-order chi connectivity index (χ0) is 12.6. The summed E-state index contributed by atoms with van der Waals surface area (Å²) in [6.45, 7) is 7.95. The number of carbonyl (C=O) groups is 1. The van der Waals surface area contributed by atoms with Crippen LogP contribution in [0.1, 0.15) is 32.1 Å². The number of piperidine rings is 2. The first-order chi connectivity index (χ1) is 8.75. The van der Waals surface area contributed by atoms with Gasteiger partial charge in [-0.3, -0.25) is 4.79 Å². The average Bonchev–Trinajstić information content (AvgIpc) is 3.12. The predicted octanol–water partition coefficient (Wildman–Crippen LogP) is 2.22. The highest BCUT2D eigenvalue weighted by molar-refractivity contribution is 5.85. The Labute approximate surface area is 122 Å². The van der Waals surface area contributed by atoms with Crippen molar-refractivity contribution in [1.82, 2.24) is 10.2 Å². The highest BCUT2D eigenvalue weighted by Crippen LogP contribution is 2.59. The molecule has 1 N–H and O–H groups in total. The fourth-order valence-electron chi connectivity index (χ4n) is 3.75. The Morgan fingerprint density at radius 3 is 2.47 bits per heavy atom. The Morgan fingerprint density at radius 2 is 1.89 bits per heavy atom. The van der Waals surface area contributed by atoms with Gasteiger partial charge in [0, 0.05) is 19.0 Å². The molecule has 1 atom stereocenters. The van der Waals surface area contributed by atoms with Crippen LogP contribution in [-0.2, 0) is 4.79 Å². The standard InChI is InChI=1S/C15H24N2O.ClH/c1-2-12-3-9-17(10-4-12)14(18)13-11-15(13)5-7-16-8-6-15;/h2,12-13,16H,1,3-11H2;1H. The van der Waals surface area contributed by atoms with Crippen LogP contribution in [0, 0.1) is 17.3 Å². The Morgan fingerprint density at radius 1 is 1.26 bits per heavy atom. The minimum atomic E-state index is 0. The number of amides is 1. The molecule has 0 bridgehead atoms. The fourth-order valence-corrected chi connectivity index (χ4v) is 3.75. The molecule has 2 heterocycles. The molecule has 3 rings (SSSR count). The SMILES string of the molecule is C=CC1CCN(C(=O)C2CC23CCNCC3)CC1.Cl. The van der Waals surface area contributed by atoms with Crippen LogP contribution in [0.5, 0.6) is 0 Å². The van der Waals surface area contributed by atoms with Crippen molar-refractivity contribution >= 4 is 18.3 Å². The zero-order valence-electron chi connectivity index (χ0n) is 11.6. The number of likely N-dealkylation sites (tertiary alicyclic amines) is 1. The van der Waals surface area contributed by atoms with E-state index >= 15 is 0 Å². The molecule has 0 aromatic carbocycles. The smallest absolute Gasteiger partial charge is 0.226 e. The van der Waals surface area contributed by atoms with Gasteiger partial charge in [0.25, 0.3) is 0 Å². The van der Waals surface area contributed by atoms with Crippen molar-refractivity contribution in [2.24, 2.45) is 17.3 Å². The van der Waals surface area contributed by atoms with Crippen LogP contribution in [-0.4, -0.2) is 37.0 Å². The fraction of sp³-hybridized carbons (Fsp3) is 0.800. The van der Waals surface area contributed by atoms with Crippen LogP contribution in [0.2, 0.25) is 0 Å². The molecule has 2 aliphatic heterocycles. The molecule has 1 saturated carbocycles. The number of halogens is 1. The van der Waals surface area contributed by atoms with E-state index in [-0.39, 0.29) is 12.4 Å². The van der Waals surface area contributed by atoms with Crippen molar-refractivity contribution < 1.29 is 4.79 Å². The van der Waals surface area contributed by atoms with Gasteiger partial charge in [0.05, 0.1) is 0 Å². The van der Waals surface area contributed by atoms with Crippen LogP contribution in [0.4, 0.5) is 0 Å². The van der Waals surface area contributed by atoms with Crippen LogP contribution >= 0.6 is 12.4 Å². The molecule has 3 aliphatic rings. The van der Waals surface area contributed by atoms with E-state index < -0.39 is 0 Å². The number of rotatable bonds is 2. The second-order valence-corrected chi connectivity index (χ2v) is 6.27. The van der Waals surface area contributed by atoms with Gasteiger partial charge in [-0.2, -0.15) is 0 Å². The van der Waals surface area contributed by atoms with E-state index in [4.69, 9.17) is 0 Å². The lowest BCUT2D eigenvalue weighted by molar-refractivity contribution is -0.134. The quantitative estimate of drug-likeness (QED) is 0.789. The maximum Gasteiger partial charge on any atom is 0.226 e. The molecule has 1 amide bonds. The minimum Gasteiger partial charge on any atom is -0.342 e. The molecule has 3 nitrogen and oxygen atoms in total. The summed E-state index contributed by atoms with van der Waals surface area (Å²) in [5.74, 6) is 1.42. The molecular formula is C15H25ClN2O. The van der Waals surface area contributed by atoms with Crippen LogP contribution in [0.25, 0.3) is 0 Å². The maximum absolute atomic E-state index is 12.5. The Hall–Kier alpha value is -0.540. The lowest BCUT2D eigenvalue weighted by atomic mass is 9.91. The summed E-state index contributed by atoms with van der Waals surface area (Å²) < 4.78 is 0. The van der Waals surface area contributed by atoms with Gasteiger partial charge in [-0.1, -0.05) is 6.08 Å². The van der Waals surface area contributed by atoms with Gasteiger partial charge < -0.3 is 10.2 Å². The van der Waals surface area contributed by atoms with Gasteiger partial charge in [-0.15, -0.1) is 19.0 Å². The Balaban J connectivity index is 0.00000133. The number of nitrogens with zero attached hydrogens (tertiary/aromatic N) is 1. The molecule has 4 heteroatoms. The summed E-state index contributed by atoms with van der Waals surface area (Å²) in [5.41, 5.74) is 0.387. The molecule has 19 heavy (non-hydrogen) atoms. The molecule has 108 valence electrons. The Kier molecular flexibility index (Phi) is 4.57. The second-order valence-electron chi connectivity index (χ2n) is 6.27. The van der Waals surface area contributed by atoms with Gasteiger partial charge >= 0.3 is 0 Å². The van der Waals surface area contributed by atoms with Crippen LogP contribution in [0.15, 0.2) is 12.7 Å². The van der Waals surface area contributed by atoms with Gasteiger partial charge in [0.1, 0.15) is 0 Å². The van der Waals surface area contributed by atoms with E-state index in [1.807, 2.05) is 6.08 Å². The van der Waals surface area contributed by atoms with E-state index in [9.17, 15) is 4.79 Å². The first-order valence-electron chi connectivity index (χ1n) is 7.37.